The van der Waals surface area contributed by atoms with Crippen LogP contribution in [0, 0.1) is 0 Å². The van der Waals surface area contributed by atoms with Crippen LogP contribution in [-0.2, 0) is 12.7 Å². The molecule has 0 fully saturated rings. The highest BCUT2D eigenvalue weighted by atomic mass is 19.4. The predicted octanol–water partition coefficient (Wildman–Crippen LogP) is 3.90. The number of ether oxygens (including phenoxy) is 4. The van der Waals surface area contributed by atoms with Gasteiger partial charge in [-0.15, -0.1) is 0 Å². The van der Waals surface area contributed by atoms with Crippen LogP contribution in [0.2, 0.25) is 0 Å². The monoisotopic (exact) mass is 385 g/mol. The van der Waals surface area contributed by atoms with Crippen molar-refractivity contribution in [2.45, 2.75) is 12.7 Å². The molecular formula is C19H22F3NO4. The van der Waals surface area contributed by atoms with Gasteiger partial charge in [-0.05, 0) is 24.3 Å². The van der Waals surface area contributed by atoms with Gasteiger partial charge in [-0.3, -0.25) is 0 Å². The Kier molecular flexibility index (Phi) is 7.18. The molecule has 0 aliphatic carbocycles. The van der Waals surface area contributed by atoms with E-state index < -0.39 is 11.7 Å². The largest absolute Gasteiger partial charge is 0.493 e. The van der Waals surface area contributed by atoms with E-state index in [-0.39, 0.29) is 12.4 Å². The molecule has 0 saturated carbocycles. The number of rotatable bonds is 9. The van der Waals surface area contributed by atoms with Crippen LogP contribution < -0.4 is 24.3 Å². The van der Waals surface area contributed by atoms with Gasteiger partial charge in [0.2, 0.25) is 5.75 Å². The third-order valence-corrected chi connectivity index (χ3v) is 3.81. The van der Waals surface area contributed by atoms with Crippen molar-refractivity contribution in [2.24, 2.45) is 0 Å². The lowest BCUT2D eigenvalue weighted by Crippen LogP contribution is -2.21. The molecule has 8 heteroatoms. The number of benzene rings is 2. The minimum absolute atomic E-state index is 0.176. The van der Waals surface area contributed by atoms with Gasteiger partial charge >= 0.3 is 6.18 Å². The first-order valence-corrected chi connectivity index (χ1v) is 8.19. The van der Waals surface area contributed by atoms with Crippen LogP contribution in [0.15, 0.2) is 36.4 Å². The van der Waals surface area contributed by atoms with Crippen LogP contribution in [0.4, 0.5) is 13.2 Å². The smallest absolute Gasteiger partial charge is 0.416 e. The number of nitrogens with one attached hydrogen (secondary N) is 1. The minimum atomic E-state index is -4.39. The van der Waals surface area contributed by atoms with Crippen LogP contribution in [0.3, 0.4) is 0 Å². The van der Waals surface area contributed by atoms with Crippen molar-refractivity contribution in [1.29, 1.82) is 0 Å². The number of methoxy groups -OCH3 is 3. The molecule has 0 aromatic heterocycles. The lowest BCUT2D eigenvalue weighted by Gasteiger charge is -2.16. The molecule has 0 amide bonds. The quantitative estimate of drug-likeness (QED) is 0.664. The Morgan fingerprint density at radius 1 is 0.926 bits per heavy atom. The zero-order valence-electron chi connectivity index (χ0n) is 15.4. The van der Waals surface area contributed by atoms with E-state index in [1.165, 1.54) is 26.4 Å². The summed E-state index contributed by atoms with van der Waals surface area (Å²) < 4.78 is 59.4. The van der Waals surface area contributed by atoms with Crippen molar-refractivity contribution < 1.29 is 32.1 Å². The molecule has 0 bridgehead atoms. The molecule has 2 rings (SSSR count). The Morgan fingerprint density at radius 2 is 1.67 bits per heavy atom. The molecule has 2 aromatic rings. The maximum Gasteiger partial charge on any atom is 0.416 e. The predicted molar refractivity (Wildman–Crippen MR) is 94.7 cm³/mol. The number of alkyl halides is 3. The van der Waals surface area contributed by atoms with Crippen LogP contribution in [-0.4, -0.2) is 34.5 Å². The van der Waals surface area contributed by atoms with Crippen LogP contribution in [0.1, 0.15) is 11.1 Å². The SMILES string of the molecule is COc1ccc(CNCCOc2cccc(C(F)(F)F)c2)c(OC)c1OC. The Balaban J connectivity index is 1.89. The Hall–Kier alpha value is -2.61. The van der Waals surface area contributed by atoms with Gasteiger partial charge in [0, 0.05) is 18.7 Å². The van der Waals surface area contributed by atoms with Gasteiger partial charge in [0.05, 0.1) is 26.9 Å². The second kappa shape index (κ2) is 9.36. The molecule has 148 valence electrons. The summed E-state index contributed by atoms with van der Waals surface area (Å²) in [5.41, 5.74) is 0.122. The van der Waals surface area contributed by atoms with Crippen molar-refractivity contribution in [3.63, 3.8) is 0 Å². The molecule has 0 unspecified atom stereocenters. The fourth-order valence-electron chi connectivity index (χ4n) is 2.53. The minimum Gasteiger partial charge on any atom is -0.493 e. The second-order valence-electron chi connectivity index (χ2n) is 5.54. The van der Waals surface area contributed by atoms with Crippen molar-refractivity contribution in [1.82, 2.24) is 5.32 Å². The summed E-state index contributed by atoms with van der Waals surface area (Å²) in [4.78, 5) is 0. The average Bonchev–Trinajstić information content (AvgIpc) is 2.66. The molecule has 0 spiro atoms. The van der Waals surface area contributed by atoms with E-state index in [1.807, 2.05) is 6.07 Å². The van der Waals surface area contributed by atoms with Crippen LogP contribution in [0.5, 0.6) is 23.0 Å². The first-order valence-electron chi connectivity index (χ1n) is 8.19. The Bertz CT molecular complexity index is 750. The van der Waals surface area contributed by atoms with Gasteiger partial charge in [-0.25, -0.2) is 0 Å². The number of hydrogen-bond acceptors (Lipinski definition) is 5. The maximum atomic E-state index is 12.7. The molecule has 2 aromatic carbocycles. The highest BCUT2D eigenvalue weighted by Crippen LogP contribution is 2.39. The first-order chi connectivity index (χ1) is 12.9. The molecule has 0 atom stereocenters. The standard InChI is InChI=1S/C19H22F3NO4/c1-24-16-8-7-13(17(25-2)18(16)26-3)12-23-9-10-27-15-6-4-5-14(11-15)19(20,21)22/h4-8,11,23H,9-10,12H2,1-3H3. The maximum absolute atomic E-state index is 12.7. The normalized spacial score (nSPS) is 11.2. The molecule has 1 N–H and O–H groups in total. The molecule has 0 aliphatic rings. The molecule has 0 radical (unpaired) electrons. The number of halogens is 3. The van der Waals surface area contributed by atoms with E-state index >= 15 is 0 Å². The summed E-state index contributed by atoms with van der Waals surface area (Å²) >= 11 is 0. The first kappa shape index (κ1) is 20.7. The van der Waals surface area contributed by atoms with Crippen molar-refractivity contribution in [3.05, 3.63) is 47.5 Å². The van der Waals surface area contributed by atoms with Crippen molar-refractivity contribution >= 4 is 0 Å². The lowest BCUT2D eigenvalue weighted by molar-refractivity contribution is -0.137. The van der Waals surface area contributed by atoms with E-state index in [0.717, 1.165) is 17.7 Å². The fourth-order valence-corrected chi connectivity index (χ4v) is 2.53. The molecular weight excluding hydrogens is 363 g/mol. The third-order valence-electron chi connectivity index (χ3n) is 3.81. The molecule has 0 heterocycles. The fraction of sp³-hybridized carbons (Fsp3) is 0.368. The van der Waals surface area contributed by atoms with E-state index in [4.69, 9.17) is 18.9 Å². The Labute approximate surface area is 156 Å². The van der Waals surface area contributed by atoms with E-state index in [0.29, 0.717) is 30.3 Å². The van der Waals surface area contributed by atoms with E-state index in [9.17, 15) is 13.2 Å². The van der Waals surface area contributed by atoms with E-state index in [1.54, 1.807) is 13.2 Å². The van der Waals surface area contributed by atoms with Gasteiger partial charge in [0.1, 0.15) is 12.4 Å². The Morgan fingerprint density at radius 3 is 2.30 bits per heavy atom. The number of hydrogen-bond donors (Lipinski definition) is 1. The highest BCUT2D eigenvalue weighted by molar-refractivity contribution is 5.55. The summed E-state index contributed by atoms with van der Waals surface area (Å²) in [6, 6.07) is 8.43. The molecule has 27 heavy (non-hydrogen) atoms. The summed E-state index contributed by atoms with van der Waals surface area (Å²) in [6.45, 7) is 1.13. The summed E-state index contributed by atoms with van der Waals surface area (Å²) in [5, 5.41) is 3.16. The molecule has 5 nitrogen and oxygen atoms in total. The molecule has 0 aliphatic heterocycles. The average molecular weight is 385 g/mol. The van der Waals surface area contributed by atoms with Crippen LogP contribution in [0.25, 0.3) is 0 Å². The zero-order chi connectivity index (χ0) is 19.9. The second-order valence-corrected chi connectivity index (χ2v) is 5.54. The van der Waals surface area contributed by atoms with Crippen LogP contribution >= 0.6 is 0 Å². The van der Waals surface area contributed by atoms with E-state index in [2.05, 4.69) is 5.32 Å². The van der Waals surface area contributed by atoms with Gasteiger partial charge in [-0.1, -0.05) is 12.1 Å². The van der Waals surface area contributed by atoms with Crippen molar-refractivity contribution in [2.75, 3.05) is 34.5 Å². The summed E-state index contributed by atoms with van der Waals surface area (Å²) in [7, 11) is 4.61. The van der Waals surface area contributed by atoms with Gasteiger partial charge in [0.15, 0.2) is 11.5 Å². The zero-order valence-corrected chi connectivity index (χ0v) is 15.4. The molecule has 0 saturated heterocycles. The topological polar surface area (TPSA) is 49.0 Å². The van der Waals surface area contributed by atoms with Gasteiger partial charge in [-0.2, -0.15) is 13.2 Å². The third kappa shape index (κ3) is 5.43. The highest BCUT2D eigenvalue weighted by Gasteiger charge is 2.30. The van der Waals surface area contributed by atoms with Gasteiger partial charge in [0.25, 0.3) is 0 Å². The lowest BCUT2D eigenvalue weighted by atomic mass is 10.1. The van der Waals surface area contributed by atoms with Gasteiger partial charge < -0.3 is 24.3 Å². The van der Waals surface area contributed by atoms with Crippen molar-refractivity contribution in [3.8, 4) is 23.0 Å². The summed E-state index contributed by atoms with van der Waals surface area (Å²) in [5.74, 6) is 1.80. The summed E-state index contributed by atoms with van der Waals surface area (Å²) in [6.07, 6.45) is -4.39.